The molecule has 0 saturated carbocycles. The van der Waals surface area contributed by atoms with Crippen molar-refractivity contribution >= 4 is 15.8 Å². The molecule has 30 heavy (non-hydrogen) atoms. The first kappa shape index (κ1) is 24.4. The number of hydrogen-bond acceptors (Lipinski definition) is 5. The van der Waals surface area contributed by atoms with Gasteiger partial charge >= 0.3 is 0 Å². The predicted octanol–water partition coefficient (Wildman–Crippen LogP) is 2.18. The maximum Gasteiger partial charge on any atom is 0.191 e. The summed E-state index contributed by atoms with van der Waals surface area (Å²) < 4.78 is 42.5. The van der Waals surface area contributed by atoms with Gasteiger partial charge in [-0.25, -0.2) is 12.8 Å². The molecule has 1 aromatic carbocycles. The number of likely N-dealkylation sites (tertiary alicyclic amines) is 1. The number of sulfone groups is 1. The Labute approximate surface area is 180 Å². The number of methoxy groups -OCH3 is 1. The van der Waals surface area contributed by atoms with Crippen LogP contribution in [0.5, 0.6) is 5.75 Å². The summed E-state index contributed by atoms with van der Waals surface area (Å²) in [7, 11) is -0.0239. The van der Waals surface area contributed by atoms with E-state index in [1.54, 1.807) is 33.9 Å². The third-order valence-electron chi connectivity index (χ3n) is 5.37. The van der Waals surface area contributed by atoms with Crippen molar-refractivity contribution in [3.63, 3.8) is 0 Å². The first-order valence-corrected chi connectivity index (χ1v) is 11.9. The molecular weight excluding hydrogens is 407 g/mol. The van der Waals surface area contributed by atoms with Crippen LogP contribution in [0, 0.1) is 5.82 Å². The van der Waals surface area contributed by atoms with Crippen molar-refractivity contribution in [3.05, 3.63) is 29.6 Å². The van der Waals surface area contributed by atoms with Gasteiger partial charge in [-0.05, 0) is 51.3 Å². The SMILES string of the molecule is CN=C(NCCS(=O)(=O)C(C)(C)C)NC1CCN(Cc2ccc(OC)c(F)c2)CC1. The molecule has 2 N–H and O–H groups in total. The smallest absolute Gasteiger partial charge is 0.191 e. The average molecular weight is 443 g/mol. The van der Waals surface area contributed by atoms with Crippen molar-refractivity contribution in [2.75, 3.05) is 39.5 Å². The maximum atomic E-state index is 13.9. The van der Waals surface area contributed by atoms with E-state index in [-0.39, 0.29) is 23.4 Å². The van der Waals surface area contributed by atoms with E-state index in [1.807, 2.05) is 6.07 Å². The van der Waals surface area contributed by atoms with Crippen LogP contribution >= 0.6 is 0 Å². The Kier molecular flexibility index (Phi) is 8.49. The van der Waals surface area contributed by atoms with Crippen LogP contribution in [0.3, 0.4) is 0 Å². The number of nitrogens with zero attached hydrogens (tertiary/aromatic N) is 2. The van der Waals surface area contributed by atoms with Crippen LogP contribution < -0.4 is 15.4 Å². The third kappa shape index (κ3) is 6.84. The summed E-state index contributed by atoms with van der Waals surface area (Å²) in [5.74, 6) is 0.606. The molecule has 0 bridgehead atoms. The van der Waals surface area contributed by atoms with Crippen molar-refractivity contribution in [1.29, 1.82) is 0 Å². The molecule has 1 fully saturated rings. The predicted molar refractivity (Wildman–Crippen MR) is 119 cm³/mol. The molecule has 0 unspecified atom stereocenters. The van der Waals surface area contributed by atoms with Gasteiger partial charge in [0.2, 0.25) is 0 Å². The number of halogens is 1. The number of piperidine rings is 1. The molecule has 0 radical (unpaired) electrons. The van der Waals surface area contributed by atoms with Crippen molar-refractivity contribution in [2.45, 2.75) is 50.9 Å². The molecule has 7 nitrogen and oxygen atoms in total. The van der Waals surface area contributed by atoms with Crippen LogP contribution in [-0.2, 0) is 16.4 Å². The minimum Gasteiger partial charge on any atom is -0.494 e. The Bertz CT molecular complexity index is 829. The molecule has 0 spiro atoms. The monoisotopic (exact) mass is 442 g/mol. The van der Waals surface area contributed by atoms with Gasteiger partial charge in [0, 0.05) is 39.3 Å². The number of ether oxygens (including phenoxy) is 1. The van der Waals surface area contributed by atoms with Gasteiger partial charge < -0.3 is 15.4 Å². The molecule has 2 rings (SSSR count). The van der Waals surface area contributed by atoms with Crippen molar-refractivity contribution in [2.24, 2.45) is 4.99 Å². The number of hydrogen-bond donors (Lipinski definition) is 2. The molecule has 0 aromatic heterocycles. The van der Waals surface area contributed by atoms with E-state index in [0.717, 1.165) is 31.5 Å². The zero-order valence-corrected chi connectivity index (χ0v) is 19.5. The van der Waals surface area contributed by atoms with E-state index in [9.17, 15) is 12.8 Å². The maximum absolute atomic E-state index is 13.9. The van der Waals surface area contributed by atoms with Gasteiger partial charge in [-0.2, -0.15) is 0 Å². The first-order chi connectivity index (χ1) is 14.1. The lowest BCUT2D eigenvalue weighted by atomic mass is 10.0. The van der Waals surface area contributed by atoms with Gasteiger partial charge in [-0.3, -0.25) is 9.89 Å². The van der Waals surface area contributed by atoms with Gasteiger partial charge in [0.05, 0.1) is 17.6 Å². The second kappa shape index (κ2) is 10.4. The zero-order valence-electron chi connectivity index (χ0n) is 18.7. The van der Waals surface area contributed by atoms with E-state index in [0.29, 0.717) is 19.0 Å². The molecule has 1 aromatic rings. The fourth-order valence-electron chi connectivity index (χ4n) is 3.30. The third-order valence-corrected chi connectivity index (χ3v) is 7.98. The lowest BCUT2D eigenvalue weighted by molar-refractivity contribution is 0.198. The number of benzene rings is 1. The summed E-state index contributed by atoms with van der Waals surface area (Å²) in [6.45, 7) is 7.93. The molecular formula is C21H35FN4O3S. The zero-order chi connectivity index (χ0) is 22.4. The summed E-state index contributed by atoms with van der Waals surface area (Å²) in [4.78, 5) is 6.51. The topological polar surface area (TPSA) is 83.0 Å². The first-order valence-electron chi connectivity index (χ1n) is 10.3. The molecule has 1 saturated heterocycles. The van der Waals surface area contributed by atoms with Crippen LogP contribution in [-0.4, -0.2) is 69.6 Å². The highest BCUT2D eigenvalue weighted by molar-refractivity contribution is 7.92. The van der Waals surface area contributed by atoms with Gasteiger partial charge in [-0.1, -0.05) is 6.07 Å². The van der Waals surface area contributed by atoms with Gasteiger partial charge in [-0.15, -0.1) is 0 Å². The molecule has 1 aliphatic rings. The Balaban J connectivity index is 1.77. The summed E-state index contributed by atoms with van der Waals surface area (Å²) >= 11 is 0. The highest BCUT2D eigenvalue weighted by Gasteiger charge is 2.28. The minimum atomic E-state index is -3.17. The Morgan fingerprint density at radius 2 is 1.97 bits per heavy atom. The molecule has 170 valence electrons. The fourth-order valence-corrected chi connectivity index (χ4v) is 4.28. The van der Waals surface area contributed by atoms with Crippen LogP contribution in [0.15, 0.2) is 23.2 Å². The van der Waals surface area contributed by atoms with Gasteiger partial charge in [0.15, 0.2) is 27.4 Å². The summed E-state index contributed by atoms with van der Waals surface area (Å²) in [5, 5.41) is 6.49. The quantitative estimate of drug-likeness (QED) is 0.498. The molecule has 0 atom stereocenters. The lowest BCUT2D eigenvalue weighted by Crippen LogP contribution is -2.49. The number of rotatable bonds is 7. The summed E-state index contributed by atoms with van der Waals surface area (Å²) in [6.07, 6.45) is 1.86. The minimum absolute atomic E-state index is 0.0636. The van der Waals surface area contributed by atoms with E-state index >= 15 is 0 Å². The standard InChI is InChI=1S/C21H35FN4O3S/c1-21(2,3)30(27,28)13-10-24-20(23-4)25-17-8-11-26(12-9-17)15-16-6-7-19(29-5)18(22)14-16/h6-7,14,17H,8-13,15H2,1-5H3,(H2,23,24,25). The number of aliphatic imine (C=N–C) groups is 1. The summed E-state index contributed by atoms with van der Waals surface area (Å²) in [6, 6.07) is 5.35. The highest BCUT2D eigenvalue weighted by atomic mass is 32.2. The normalized spacial score (nSPS) is 17.1. The largest absolute Gasteiger partial charge is 0.494 e. The van der Waals surface area contributed by atoms with E-state index < -0.39 is 14.6 Å². The lowest BCUT2D eigenvalue weighted by Gasteiger charge is -2.33. The van der Waals surface area contributed by atoms with Crippen molar-refractivity contribution in [1.82, 2.24) is 15.5 Å². The highest BCUT2D eigenvalue weighted by Crippen LogP contribution is 2.20. The average Bonchev–Trinajstić information content (AvgIpc) is 2.68. The Hall–Kier alpha value is -1.87. The van der Waals surface area contributed by atoms with Crippen LogP contribution in [0.4, 0.5) is 4.39 Å². The second-order valence-corrected chi connectivity index (χ2v) is 11.5. The van der Waals surface area contributed by atoms with Crippen LogP contribution in [0.25, 0.3) is 0 Å². The molecule has 1 heterocycles. The van der Waals surface area contributed by atoms with Crippen LogP contribution in [0.1, 0.15) is 39.2 Å². The second-order valence-electron chi connectivity index (χ2n) is 8.59. The van der Waals surface area contributed by atoms with Gasteiger partial charge in [0.1, 0.15) is 0 Å². The molecule has 0 amide bonds. The van der Waals surface area contributed by atoms with E-state index in [1.165, 1.54) is 13.2 Å². The van der Waals surface area contributed by atoms with Gasteiger partial charge in [0.25, 0.3) is 0 Å². The van der Waals surface area contributed by atoms with Crippen molar-refractivity contribution < 1.29 is 17.5 Å². The van der Waals surface area contributed by atoms with E-state index in [4.69, 9.17) is 4.74 Å². The van der Waals surface area contributed by atoms with Crippen molar-refractivity contribution in [3.8, 4) is 5.75 Å². The molecule has 9 heteroatoms. The molecule has 0 aliphatic carbocycles. The number of nitrogens with one attached hydrogen (secondary N) is 2. The van der Waals surface area contributed by atoms with E-state index in [2.05, 4.69) is 20.5 Å². The Morgan fingerprint density at radius 1 is 1.30 bits per heavy atom. The molecule has 1 aliphatic heterocycles. The summed E-state index contributed by atoms with van der Waals surface area (Å²) in [5.41, 5.74) is 0.928. The Morgan fingerprint density at radius 3 is 2.50 bits per heavy atom. The fraction of sp³-hybridized carbons (Fsp3) is 0.667. The number of guanidine groups is 1. The van der Waals surface area contributed by atoms with Crippen LogP contribution in [0.2, 0.25) is 0 Å².